The first-order valence-electron chi connectivity index (χ1n) is 12.8. The minimum Gasteiger partial charge on any atom is -0.293 e. The number of halogens is 2. The molecule has 0 aromatic heterocycles. The summed E-state index contributed by atoms with van der Waals surface area (Å²) in [6.45, 7) is 10.6. The van der Waals surface area contributed by atoms with Crippen molar-refractivity contribution in [2.45, 2.75) is 85.0 Å². The Morgan fingerprint density at radius 1 is 1.12 bits per heavy atom. The van der Waals surface area contributed by atoms with E-state index in [9.17, 15) is 9.18 Å². The van der Waals surface area contributed by atoms with Gasteiger partial charge < -0.3 is 0 Å². The first-order valence-corrected chi connectivity index (χ1v) is 13.2. The molecule has 0 saturated heterocycles. The lowest BCUT2D eigenvalue weighted by atomic mass is 9.63. The maximum atomic E-state index is 14.0. The second-order valence-corrected chi connectivity index (χ2v) is 10.3. The number of hydrogen-bond acceptors (Lipinski definition) is 1. The molecular formula is C31H38ClFO. The normalized spacial score (nSPS) is 20.1. The van der Waals surface area contributed by atoms with Gasteiger partial charge in [-0.25, -0.2) is 4.39 Å². The van der Waals surface area contributed by atoms with Gasteiger partial charge in [0, 0.05) is 5.57 Å². The second kappa shape index (κ2) is 11.5. The topological polar surface area (TPSA) is 17.1 Å². The summed E-state index contributed by atoms with van der Waals surface area (Å²) in [5, 5.41) is 0.0964. The van der Waals surface area contributed by atoms with Crippen LogP contribution in [0.3, 0.4) is 0 Å². The Hall–Kier alpha value is -2.19. The van der Waals surface area contributed by atoms with Crippen molar-refractivity contribution in [2.24, 2.45) is 5.92 Å². The number of unbranched alkanes of at least 4 members (excludes halogenated alkanes) is 2. The van der Waals surface area contributed by atoms with Gasteiger partial charge >= 0.3 is 0 Å². The van der Waals surface area contributed by atoms with Crippen LogP contribution in [0.1, 0.15) is 89.8 Å². The van der Waals surface area contributed by atoms with Crippen molar-refractivity contribution in [1.82, 2.24) is 0 Å². The molecule has 0 bridgehead atoms. The zero-order valence-electron chi connectivity index (χ0n) is 21.3. The molecule has 1 unspecified atom stereocenters. The Kier molecular flexibility index (Phi) is 8.93. The van der Waals surface area contributed by atoms with Gasteiger partial charge in [-0.3, -0.25) is 4.79 Å². The fourth-order valence-corrected chi connectivity index (χ4v) is 5.24. The Morgan fingerprint density at radius 2 is 1.79 bits per heavy atom. The summed E-state index contributed by atoms with van der Waals surface area (Å²) in [4.78, 5) is 14.0. The maximum absolute atomic E-state index is 14.0. The Balaban J connectivity index is 0.000000588. The molecule has 0 N–H and O–H groups in total. The molecule has 0 heterocycles. The summed E-state index contributed by atoms with van der Waals surface area (Å²) >= 11 is 6.03. The van der Waals surface area contributed by atoms with Gasteiger partial charge in [0.2, 0.25) is 0 Å². The molecular weight excluding hydrogens is 443 g/mol. The SMILES string of the molecule is CC/C=C(/C)C1=C(C2CC2)c2ccccc2C(C)(Cc2ccc(F)c(Cl)c2)C1=O.CCCCC. The van der Waals surface area contributed by atoms with Gasteiger partial charge in [0.05, 0.1) is 10.4 Å². The highest BCUT2D eigenvalue weighted by Gasteiger charge is 2.46. The van der Waals surface area contributed by atoms with Gasteiger partial charge in [0.15, 0.2) is 5.78 Å². The number of hydrogen-bond donors (Lipinski definition) is 0. The van der Waals surface area contributed by atoms with Crippen LogP contribution in [-0.4, -0.2) is 5.78 Å². The van der Waals surface area contributed by atoms with Gasteiger partial charge in [-0.15, -0.1) is 0 Å². The van der Waals surface area contributed by atoms with E-state index in [1.165, 1.54) is 36.5 Å². The smallest absolute Gasteiger partial charge is 0.174 e. The molecule has 34 heavy (non-hydrogen) atoms. The third kappa shape index (κ3) is 5.54. The third-order valence-corrected chi connectivity index (χ3v) is 7.24. The van der Waals surface area contributed by atoms with E-state index in [2.05, 4.69) is 52.0 Å². The van der Waals surface area contributed by atoms with Gasteiger partial charge in [0.1, 0.15) is 5.82 Å². The van der Waals surface area contributed by atoms with Crippen molar-refractivity contribution >= 4 is 23.0 Å². The molecule has 1 fully saturated rings. The Bertz CT molecular complexity index is 1090. The largest absolute Gasteiger partial charge is 0.293 e. The third-order valence-electron chi connectivity index (χ3n) is 6.95. The molecule has 2 aliphatic carbocycles. The average Bonchev–Trinajstić information content (AvgIpc) is 3.65. The molecule has 0 amide bonds. The molecule has 1 nitrogen and oxygen atoms in total. The second-order valence-electron chi connectivity index (χ2n) is 9.84. The van der Waals surface area contributed by atoms with Crippen LogP contribution in [0.2, 0.25) is 5.02 Å². The molecule has 2 aliphatic rings. The Labute approximate surface area is 210 Å². The molecule has 2 aromatic rings. The van der Waals surface area contributed by atoms with E-state index in [1.807, 2.05) is 13.0 Å². The molecule has 182 valence electrons. The number of rotatable bonds is 7. The maximum Gasteiger partial charge on any atom is 0.174 e. The minimum absolute atomic E-state index is 0.0964. The van der Waals surface area contributed by atoms with Crippen molar-refractivity contribution in [3.05, 3.63) is 87.2 Å². The molecule has 1 atom stereocenters. The van der Waals surface area contributed by atoms with E-state index in [4.69, 9.17) is 11.6 Å². The fourth-order valence-electron chi connectivity index (χ4n) is 5.04. The number of allylic oxidation sites excluding steroid dienone is 4. The first kappa shape index (κ1) is 26.4. The quantitative estimate of drug-likeness (QED) is 0.385. The molecule has 1 saturated carbocycles. The van der Waals surface area contributed by atoms with Crippen molar-refractivity contribution in [3.8, 4) is 0 Å². The van der Waals surface area contributed by atoms with Crippen LogP contribution >= 0.6 is 11.6 Å². The molecule has 0 radical (unpaired) electrons. The monoisotopic (exact) mass is 480 g/mol. The van der Waals surface area contributed by atoms with Crippen molar-refractivity contribution in [1.29, 1.82) is 0 Å². The number of ketones is 1. The molecule has 2 aromatic carbocycles. The summed E-state index contributed by atoms with van der Waals surface area (Å²) < 4.78 is 13.7. The van der Waals surface area contributed by atoms with E-state index in [0.717, 1.165) is 41.5 Å². The van der Waals surface area contributed by atoms with E-state index >= 15 is 0 Å². The zero-order chi connectivity index (χ0) is 24.9. The lowest BCUT2D eigenvalue weighted by Gasteiger charge is -2.38. The van der Waals surface area contributed by atoms with Gasteiger partial charge in [-0.2, -0.15) is 0 Å². The van der Waals surface area contributed by atoms with Crippen LogP contribution in [0.15, 0.2) is 59.7 Å². The summed E-state index contributed by atoms with van der Waals surface area (Å²) in [5.41, 5.74) is 5.61. The fraction of sp³-hybridized carbons (Fsp3) is 0.452. The van der Waals surface area contributed by atoms with Crippen molar-refractivity contribution in [3.63, 3.8) is 0 Å². The van der Waals surface area contributed by atoms with Crippen LogP contribution in [0.5, 0.6) is 0 Å². The summed E-state index contributed by atoms with van der Waals surface area (Å²) in [7, 11) is 0. The molecule has 0 aliphatic heterocycles. The molecule has 0 spiro atoms. The number of Topliss-reactive ketones (excluding diaryl/α,β-unsaturated/α-hetero) is 1. The minimum atomic E-state index is -0.714. The number of carbonyl (C=O) groups excluding carboxylic acids is 1. The highest BCUT2D eigenvalue weighted by Crippen LogP contribution is 2.52. The van der Waals surface area contributed by atoms with Crippen molar-refractivity contribution < 1.29 is 9.18 Å². The van der Waals surface area contributed by atoms with Crippen LogP contribution < -0.4 is 0 Å². The number of benzene rings is 2. The standard InChI is InChI=1S/C26H26ClFO.C5H12/c1-4-7-16(2)23-24(18-11-12-18)19-8-5-6-9-20(19)26(3,25(23)29)15-17-10-13-22(28)21(27)14-17;1-3-5-4-2/h5-10,13-14,18H,4,11-12,15H2,1-3H3;3-5H2,1-2H3/b16-7-;. The lowest BCUT2D eigenvalue weighted by Crippen LogP contribution is -2.40. The highest BCUT2D eigenvalue weighted by molar-refractivity contribution is 6.30. The highest BCUT2D eigenvalue weighted by atomic mass is 35.5. The van der Waals surface area contributed by atoms with E-state index < -0.39 is 11.2 Å². The predicted molar refractivity (Wildman–Crippen MR) is 143 cm³/mol. The van der Waals surface area contributed by atoms with E-state index in [0.29, 0.717) is 12.3 Å². The van der Waals surface area contributed by atoms with Crippen LogP contribution in [0.25, 0.3) is 5.57 Å². The van der Waals surface area contributed by atoms with Crippen molar-refractivity contribution in [2.75, 3.05) is 0 Å². The van der Waals surface area contributed by atoms with Gasteiger partial charge in [-0.1, -0.05) is 88.0 Å². The lowest BCUT2D eigenvalue weighted by molar-refractivity contribution is -0.120. The molecule has 3 heteroatoms. The Morgan fingerprint density at radius 3 is 2.35 bits per heavy atom. The number of fused-ring (bicyclic) bond motifs is 1. The van der Waals surface area contributed by atoms with Gasteiger partial charge in [0.25, 0.3) is 0 Å². The number of carbonyl (C=O) groups is 1. The zero-order valence-corrected chi connectivity index (χ0v) is 22.1. The van der Waals surface area contributed by atoms with Crippen LogP contribution in [-0.2, 0) is 16.6 Å². The average molecular weight is 481 g/mol. The molecule has 4 rings (SSSR count). The predicted octanol–water partition coefficient (Wildman–Crippen LogP) is 9.28. The summed E-state index contributed by atoms with van der Waals surface area (Å²) in [5.74, 6) is 0.204. The van der Waals surface area contributed by atoms with E-state index in [1.54, 1.807) is 12.1 Å². The van der Waals surface area contributed by atoms with Crippen LogP contribution in [0, 0.1) is 11.7 Å². The van der Waals surface area contributed by atoms with Gasteiger partial charge in [-0.05, 0) is 85.4 Å². The summed E-state index contributed by atoms with van der Waals surface area (Å²) in [6.07, 6.45) is 9.90. The first-order chi connectivity index (χ1) is 16.3. The van der Waals surface area contributed by atoms with Crippen LogP contribution in [0.4, 0.5) is 4.39 Å². The summed E-state index contributed by atoms with van der Waals surface area (Å²) in [6, 6.07) is 13.1. The van der Waals surface area contributed by atoms with E-state index in [-0.39, 0.29) is 10.8 Å².